The van der Waals surface area contributed by atoms with Gasteiger partial charge in [-0.25, -0.2) is 9.97 Å². The highest BCUT2D eigenvalue weighted by atomic mass is 16.5. The van der Waals surface area contributed by atoms with Crippen LogP contribution in [0.2, 0.25) is 0 Å². The molecule has 0 atom stereocenters. The molecule has 1 fully saturated rings. The van der Waals surface area contributed by atoms with Crippen LogP contribution in [0.3, 0.4) is 0 Å². The Hall–Kier alpha value is -4.24. The summed E-state index contributed by atoms with van der Waals surface area (Å²) in [5, 5.41) is 8.91. The maximum absolute atomic E-state index is 5.47. The van der Waals surface area contributed by atoms with Gasteiger partial charge in [0.1, 0.15) is 5.82 Å². The Bertz CT molecular complexity index is 1500. The van der Waals surface area contributed by atoms with Gasteiger partial charge in [-0.3, -0.25) is 0 Å². The number of aromatic nitrogens is 5. The summed E-state index contributed by atoms with van der Waals surface area (Å²) in [7, 11) is 0. The minimum Gasteiger partial charge on any atom is -0.378 e. The molecule has 4 heterocycles. The molecule has 5 aromatic rings. The normalized spacial score (nSPS) is 14.0. The lowest BCUT2D eigenvalue weighted by Gasteiger charge is -2.28. The molecule has 0 radical (unpaired) electrons. The summed E-state index contributed by atoms with van der Waals surface area (Å²) >= 11 is 0. The third-order valence-electron chi connectivity index (χ3n) is 6.39. The Morgan fingerprint density at radius 3 is 2.47 bits per heavy atom. The van der Waals surface area contributed by atoms with Gasteiger partial charge in [0.2, 0.25) is 5.95 Å². The molecule has 9 heteroatoms. The van der Waals surface area contributed by atoms with Crippen molar-refractivity contribution in [1.82, 2.24) is 24.5 Å². The number of ether oxygens (including phenoxy) is 1. The molecule has 9 nitrogen and oxygen atoms in total. The number of rotatable bonds is 6. The first-order valence-corrected chi connectivity index (χ1v) is 12.2. The van der Waals surface area contributed by atoms with E-state index in [2.05, 4.69) is 69.7 Å². The Balaban J connectivity index is 1.36. The molecule has 1 aliphatic heterocycles. The summed E-state index contributed by atoms with van der Waals surface area (Å²) in [6, 6.07) is 18.7. The number of pyridine rings is 1. The minimum atomic E-state index is 0.203. The van der Waals surface area contributed by atoms with Crippen molar-refractivity contribution >= 4 is 50.9 Å². The highest BCUT2D eigenvalue weighted by Crippen LogP contribution is 2.29. The highest BCUT2D eigenvalue weighted by Gasteiger charge is 2.17. The predicted octanol–water partition coefficient (Wildman–Crippen LogP) is 5.28. The molecule has 0 aliphatic carbocycles. The molecule has 2 N–H and O–H groups in total. The van der Waals surface area contributed by atoms with Gasteiger partial charge in [-0.05, 0) is 49.6 Å². The van der Waals surface area contributed by atoms with Gasteiger partial charge in [-0.1, -0.05) is 24.3 Å². The zero-order chi connectivity index (χ0) is 24.5. The van der Waals surface area contributed by atoms with Crippen LogP contribution in [-0.2, 0) is 4.74 Å². The van der Waals surface area contributed by atoms with Crippen molar-refractivity contribution in [3.63, 3.8) is 0 Å². The van der Waals surface area contributed by atoms with Crippen LogP contribution in [0.1, 0.15) is 19.9 Å². The number of hydrogen-bond donors (Lipinski definition) is 2. The SMILES string of the molecule is CC(C)n1cnc2c(Nc3ccc(N4CCOCC4)cc3)nc(Nc3nccc4ccccc34)nc21. The fraction of sp³-hybridized carbons (Fsp3) is 0.259. The second kappa shape index (κ2) is 9.43. The number of benzene rings is 2. The van der Waals surface area contributed by atoms with Gasteiger partial charge in [-0.15, -0.1) is 0 Å². The fourth-order valence-corrected chi connectivity index (χ4v) is 4.48. The van der Waals surface area contributed by atoms with E-state index >= 15 is 0 Å². The number of imidazole rings is 1. The second-order valence-corrected chi connectivity index (χ2v) is 9.09. The summed E-state index contributed by atoms with van der Waals surface area (Å²) in [6.45, 7) is 7.56. The fourth-order valence-electron chi connectivity index (χ4n) is 4.48. The van der Waals surface area contributed by atoms with Gasteiger partial charge >= 0.3 is 0 Å². The monoisotopic (exact) mass is 480 g/mol. The van der Waals surface area contributed by atoms with E-state index in [1.165, 1.54) is 5.69 Å². The summed E-state index contributed by atoms with van der Waals surface area (Å²) in [5.41, 5.74) is 3.60. The third kappa shape index (κ3) is 4.29. The standard InChI is InChI=1S/C27H28N8O/c1-18(2)35-17-29-23-25(30-20-7-9-21(10-8-20)34-13-15-36-16-14-34)32-27(33-26(23)35)31-24-22-6-4-3-5-19(22)11-12-28-24/h3-12,17-18H,13-16H2,1-2H3,(H2,28,30,31,32,33). The van der Waals surface area contributed by atoms with Crippen molar-refractivity contribution in [2.24, 2.45) is 0 Å². The van der Waals surface area contributed by atoms with Crippen molar-refractivity contribution in [2.45, 2.75) is 19.9 Å². The molecule has 2 aromatic carbocycles. The van der Waals surface area contributed by atoms with Crippen LogP contribution < -0.4 is 15.5 Å². The predicted molar refractivity (Wildman–Crippen MR) is 143 cm³/mol. The van der Waals surface area contributed by atoms with Crippen LogP contribution >= 0.6 is 0 Å². The molecule has 182 valence electrons. The van der Waals surface area contributed by atoms with Crippen molar-refractivity contribution in [3.8, 4) is 0 Å². The maximum atomic E-state index is 5.47. The molecule has 0 unspecified atom stereocenters. The Labute approximate surface area is 209 Å². The van der Waals surface area contributed by atoms with Crippen molar-refractivity contribution < 1.29 is 4.74 Å². The third-order valence-corrected chi connectivity index (χ3v) is 6.39. The van der Waals surface area contributed by atoms with E-state index in [1.807, 2.05) is 35.2 Å². The van der Waals surface area contributed by atoms with E-state index in [1.54, 1.807) is 6.20 Å². The first-order valence-electron chi connectivity index (χ1n) is 12.2. The lowest BCUT2D eigenvalue weighted by molar-refractivity contribution is 0.122. The Kier molecular flexibility index (Phi) is 5.82. The van der Waals surface area contributed by atoms with Gasteiger partial charge in [0.15, 0.2) is 17.0 Å². The molecular formula is C27H28N8O. The first-order chi connectivity index (χ1) is 17.7. The van der Waals surface area contributed by atoms with E-state index < -0.39 is 0 Å². The molecule has 3 aromatic heterocycles. The summed E-state index contributed by atoms with van der Waals surface area (Å²) in [4.78, 5) is 21.1. The lowest BCUT2D eigenvalue weighted by atomic mass is 10.1. The van der Waals surface area contributed by atoms with Gasteiger partial charge in [-0.2, -0.15) is 9.97 Å². The zero-order valence-corrected chi connectivity index (χ0v) is 20.3. The van der Waals surface area contributed by atoms with Gasteiger partial charge in [0.25, 0.3) is 0 Å². The van der Waals surface area contributed by atoms with Gasteiger partial charge in [0, 0.05) is 42.1 Å². The quantitative estimate of drug-likeness (QED) is 0.339. The number of anilines is 5. The maximum Gasteiger partial charge on any atom is 0.232 e. The minimum absolute atomic E-state index is 0.203. The first kappa shape index (κ1) is 22.2. The zero-order valence-electron chi connectivity index (χ0n) is 20.3. The van der Waals surface area contributed by atoms with Crippen LogP contribution in [0.15, 0.2) is 67.1 Å². The van der Waals surface area contributed by atoms with Crippen molar-refractivity contribution in [2.75, 3.05) is 41.8 Å². The molecule has 36 heavy (non-hydrogen) atoms. The molecule has 6 rings (SSSR count). The number of nitrogens with zero attached hydrogens (tertiary/aromatic N) is 6. The molecule has 0 amide bonds. The summed E-state index contributed by atoms with van der Waals surface area (Å²) < 4.78 is 7.52. The molecule has 1 saturated heterocycles. The molecule has 0 spiro atoms. The Morgan fingerprint density at radius 1 is 0.861 bits per heavy atom. The van der Waals surface area contributed by atoms with Crippen LogP contribution in [0.4, 0.5) is 29.0 Å². The van der Waals surface area contributed by atoms with E-state index in [4.69, 9.17) is 14.7 Å². The van der Waals surface area contributed by atoms with Crippen LogP contribution in [0.5, 0.6) is 0 Å². The van der Waals surface area contributed by atoms with Gasteiger partial charge in [0.05, 0.1) is 19.5 Å². The number of fused-ring (bicyclic) bond motifs is 2. The molecular weight excluding hydrogens is 452 g/mol. The summed E-state index contributed by atoms with van der Waals surface area (Å²) in [5.74, 6) is 1.81. The number of nitrogens with one attached hydrogen (secondary N) is 2. The smallest absolute Gasteiger partial charge is 0.232 e. The second-order valence-electron chi connectivity index (χ2n) is 9.09. The van der Waals surface area contributed by atoms with E-state index in [-0.39, 0.29) is 6.04 Å². The van der Waals surface area contributed by atoms with Gasteiger partial charge < -0.3 is 24.8 Å². The molecule has 1 aliphatic rings. The average Bonchev–Trinajstić information content (AvgIpc) is 3.35. The lowest BCUT2D eigenvalue weighted by Crippen LogP contribution is -2.36. The molecule has 0 bridgehead atoms. The van der Waals surface area contributed by atoms with Crippen molar-refractivity contribution in [3.05, 3.63) is 67.1 Å². The Morgan fingerprint density at radius 2 is 1.67 bits per heavy atom. The van der Waals surface area contributed by atoms with Crippen LogP contribution in [-0.4, -0.2) is 50.8 Å². The number of morpholine rings is 1. The average molecular weight is 481 g/mol. The van der Waals surface area contributed by atoms with Crippen molar-refractivity contribution in [1.29, 1.82) is 0 Å². The van der Waals surface area contributed by atoms with E-state index in [9.17, 15) is 0 Å². The van der Waals surface area contributed by atoms with Crippen LogP contribution in [0.25, 0.3) is 21.9 Å². The molecule has 0 saturated carbocycles. The topological polar surface area (TPSA) is 93.0 Å². The van der Waals surface area contributed by atoms with Crippen LogP contribution in [0, 0.1) is 0 Å². The number of hydrogen-bond acceptors (Lipinski definition) is 8. The van der Waals surface area contributed by atoms with E-state index in [0.29, 0.717) is 17.6 Å². The largest absolute Gasteiger partial charge is 0.378 e. The summed E-state index contributed by atoms with van der Waals surface area (Å²) in [6.07, 6.45) is 3.60. The highest BCUT2D eigenvalue weighted by molar-refractivity contribution is 5.93. The van der Waals surface area contributed by atoms with E-state index in [0.717, 1.165) is 53.9 Å².